The molecule has 1 heterocycles. The van der Waals surface area contributed by atoms with E-state index in [1.54, 1.807) is 14.0 Å². The van der Waals surface area contributed by atoms with Crippen molar-refractivity contribution in [2.75, 3.05) is 40.0 Å². The van der Waals surface area contributed by atoms with Gasteiger partial charge in [-0.1, -0.05) is 71.6 Å². The van der Waals surface area contributed by atoms with E-state index in [1.165, 1.54) is 11.3 Å². The Morgan fingerprint density at radius 1 is 0.804 bits per heavy atom. The maximum absolute atomic E-state index is 14.2. The van der Waals surface area contributed by atoms with Gasteiger partial charge in [0, 0.05) is 26.2 Å². The van der Waals surface area contributed by atoms with Crippen LogP contribution in [-0.2, 0) is 33.4 Å². The average Bonchev–Trinajstić information content (AvgIpc) is 3.13. The van der Waals surface area contributed by atoms with Gasteiger partial charge in [0.05, 0.1) is 25.2 Å². The van der Waals surface area contributed by atoms with Gasteiger partial charge >= 0.3 is 0 Å². The largest absolute Gasteiger partial charge is 0.379 e. The number of nitrogens with two attached hydrogens (primary N) is 2. The Morgan fingerprint density at radius 3 is 2.06 bits per heavy atom. The standard InChI is InChI=1S/C37H67N7O7/c1-5-13-30-35(47)43-32(27-16-10-7-11-17-27)36(48)41-28(21-39)33(45)42-29(23-50-19-12-18-38)34(46)40-24(2)22-51-31(25(3)37(49)44(30)4)20-26-14-8-6-9-15-26/h24-32H,5-23,38-39H2,1-4H3,(H,40,46)(H,41,48)(H,42,45)(H,43,47)/t24-,25-,28+,29+,30+,31-,32+/m1/s1. The number of carbonyl (C=O) groups excluding carboxylic acids is 5. The Bertz CT molecular complexity index is 1110. The van der Waals surface area contributed by atoms with E-state index >= 15 is 0 Å². The van der Waals surface area contributed by atoms with Crippen LogP contribution in [0.2, 0.25) is 0 Å². The van der Waals surface area contributed by atoms with Crippen LogP contribution in [0.3, 0.4) is 0 Å². The fraction of sp³-hybridized carbons (Fsp3) is 0.865. The third kappa shape index (κ3) is 13.3. The molecule has 3 aliphatic rings. The van der Waals surface area contributed by atoms with Gasteiger partial charge in [-0.05, 0) is 57.4 Å². The van der Waals surface area contributed by atoms with E-state index < -0.39 is 65.9 Å². The summed E-state index contributed by atoms with van der Waals surface area (Å²) < 4.78 is 12.2. The molecule has 0 unspecified atom stereocenters. The zero-order chi connectivity index (χ0) is 37.3. The molecular formula is C37H67N7O7. The van der Waals surface area contributed by atoms with E-state index in [0.717, 1.165) is 57.8 Å². The molecule has 14 heteroatoms. The lowest BCUT2D eigenvalue weighted by Gasteiger charge is -2.36. The van der Waals surface area contributed by atoms with Gasteiger partial charge in [-0.25, -0.2) is 0 Å². The SMILES string of the molecule is CCC[C@H]1C(=O)N[C@@H](C2CCCCC2)C(=O)N[C@@H](CN)C(=O)N[C@@H](COCCCN)C(=O)N[C@H](C)CO[C@H](CC2CCCCC2)[C@@H](C)C(=O)N1C. The zero-order valence-corrected chi connectivity index (χ0v) is 31.6. The van der Waals surface area contributed by atoms with E-state index in [0.29, 0.717) is 44.8 Å². The molecule has 0 aromatic rings. The topological polar surface area (TPSA) is 207 Å². The highest BCUT2D eigenvalue weighted by molar-refractivity contribution is 5.96. The smallest absolute Gasteiger partial charge is 0.245 e. The molecule has 1 aliphatic heterocycles. The minimum absolute atomic E-state index is 0.113. The number of hydrogen-bond donors (Lipinski definition) is 6. The summed E-state index contributed by atoms with van der Waals surface area (Å²) in [6.07, 6.45) is 11.9. The molecule has 7 atom stereocenters. The molecular weight excluding hydrogens is 654 g/mol. The molecule has 14 nitrogen and oxygen atoms in total. The second-order valence-corrected chi connectivity index (χ2v) is 15.0. The van der Waals surface area contributed by atoms with Crippen molar-refractivity contribution < 1.29 is 33.4 Å². The molecule has 0 spiro atoms. The van der Waals surface area contributed by atoms with Crippen molar-refractivity contribution >= 4 is 29.5 Å². The van der Waals surface area contributed by atoms with E-state index in [9.17, 15) is 24.0 Å². The fourth-order valence-corrected chi connectivity index (χ4v) is 7.68. The average molecular weight is 722 g/mol. The summed E-state index contributed by atoms with van der Waals surface area (Å²) in [6.45, 7) is 6.13. The second kappa shape index (κ2) is 22.3. The lowest BCUT2D eigenvalue weighted by Crippen LogP contribution is -2.62. The summed E-state index contributed by atoms with van der Waals surface area (Å²) in [5, 5.41) is 11.4. The molecule has 5 amide bonds. The van der Waals surface area contributed by atoms with Crippen LogP contribution in [0.15, 0.2) is 0 Å². The second-order valence-electron chi connectivity index (χ2n) is 15.0. The predicted octanol–water partition coefficient (Wildman–Crippen LogP) is 1.48. The Balaban J connectivity index is 1.98. The molecule has 51 heavy (non-hydrogen) atoms. The number of amides is 5. The maximum atomic E-state index is 14.2. The van der Waals surface area contributed by atoms with Crippen LogP contribution in [-0.4, -0.2) is 111 Å². The summed E-state index contributed by atoms with van der Waals surface area (Å²) in [7, 11) is 1.65. The van der Waals surface area contributed by atoms with Gasteiger partial charge in [0.25, 0.3) is 0 Å². The minimum atomic E-state index is -1.17. The first-order valence-corrected chi connectivity index (χ1v) is 19.6. The highest BCUT2D eigenvalue weighted by atomic mass is 16.5. The molecule has 2 aliphatic carbocycles. The third-order valence-electron chi connectivity index (χ3n) is 10.8. The monoisotopic (exact) mass is 722 g/mol. The molecule has 292 valence electrons. The molecule has 3 fully saturated rings. The molecule has 8 N–H and O–H groups in total. The first-order valence-electron chi connectivity index (χ1n) is 19.6. The normalized spacial score (nSPS) is 30.7. The molecule has 0 aromatic carbocycles. The number of likely N-dealkylation sites (N-methyl/N-ethyl adjacent to an activating group) is 1. The van der Waals surface area contributed by atoms with Crippen molar-refractivity contribution in [3.05, 3.63) is 0 Å². The quantitative estimate of drug-likeness (QED) is 0.171. The number of hydrogen-bond acceptors (Lipinski definition) is 9. The summed E-state index contributed by atoms with van der Waals surface area (Å²) in [6, 6.07) is -4.44. The summed E-state index contributed by atoms with van der Waals surface area (Å²) in [5.41, 5.74) is 11.6. The third-order valence-corrected chi connectivity index (χ3v) is 10.8. The van der Waals surface area contributed by atoms with Crippen molar-refractivity contribution in [3.8, 4) is 0 Å². The summed E-state index contributed by atoms with van der Waals surface area (Å²) >= 11 is 0. The molecule has 0 radical (unpaired) electrons. The Hall–Kier alpha value is -2.81. The molecule has 0 aromatic heterocycles. The van der Waals surface area contributed by atoms with Gasteiger partial charge in [0.15, 0.2) is 0 Å². The lowest BCUT2D eigenvalue weighted by atomic mass is 9.82. The number of rotatable bonds is 11. The minimum Gasteiger partial charge on any atom is -0.379 e. The number of carbonyl (C=O) groups is 5. The molecule has 3 rings (SSSR count). The van der Waals surface area contributed by atoms with Crippen LogP contribution in [0.1, 0.15) is 111 Å². The van der Waals surface area contributed by atoms with Gasteiger partial charge in [-0.3, -0.25) is 24.0 Å². The van der Waals surface area contributed by atoms with Gasteiger partial charge in [0.2, 0.25) is 29.5 Å². The van der Waals surface area contributed by atoms with Crippen LogP contribution < -0.4 is 32.7 Å². The van der Waals surface area contributed by atoms with Crippen molar-refractivity contribution in [2.45, 2.75) is 147 Å². The van der Waals surface area contributed by atoms with Crippen LogP contribution in [0.25, 0.3) is 0 Å². The van der Waals surface area contributed by atoms with Crippen LogP contribution in [0.5, 0.6) is 0 Å². The Morgan fingerprint density at radius 2 is 1.43 bits per heavy atom. The van der Waals surface area contributed by atoms with E-state index in [1.807, 2.05) is 13.8 Å². The van der Waals surface area contributed by atoms with Crippen molar-refractivity contribution in [3.63, 3.8) is 0 Å². The highest BCUT2D eigenvalue weighted by Crippen LogP contribution is 2.31. The van der Waals surface area contributed by atoms with Crippen molar-refractivity contribution in [2.24, 2.45) is 29.2 Å². The zero-order valence-electron chi connectivity index (χ0n) is 31.6. The highest BCUT2D eigenvalue weighted by Gasteiger charge is 2.39. The van der Waals surface area contributed by atoms with Gasteiger partial charge in [-0.15, -0.1) is 0 Å². The van der Waals surface area contributed by atoms with Gasteiger partial charge in [0.1, 0.15) is 24.2 Å². The first kappa shape index (κ1) is 42.6. The molecule has 0 bridgehead atoms. The Labute approximate surface area is 305 Å². The number of ether oxygens (including phenoxy) is 2. The molecule has 2 saturated carbocycles. The van der Waals surface area contributed by atoms with Gasteiger partial charge < -0.3 is 47.1 Å². The molecule has 1 saturated heterocycles. The van der Waals surface area contributed by atoms with Gasteiger partial charge in [-0.2, -0.15) is 0 Å². The maximum Gasteiger partial charge on any atom is 0.245 e. The lowest BCUT2D eigenvalue weighted by molar-refractivity contribution is -0.147. The number of nitrogens with zero attached hydrogens (tertiary/aromatic N) is 1. The summed E-state index contributed by atoms with van der Waals surface area (Å²) in [5.74, 6) is -2.53. The van der Waals surface area contributed by atoms with Crippen molar-refractivity contribution in [1.82, 2.24) is 26.2 Å². The van der Waals surface area contributed by atoms with E-state index in [-0.39, 0.29) is 31.6 Å². The van der Waals surface area contributed by atoms with Crippen LogP contribution in [0, 0.1) is 17.8 Å². The fourth-order valence-electron chi connectivity index (χ4n) is 7.68. The Kier molecular flexibility index (Phi) is 18.6. The number of nitrogens with one attached hydrogen (secondary N) is 4. The van der Waals surface area contributed by atoms with Crippen LogP contribution >= 0.6 is 0 Å². The summed E-state index contributed by atoms with van der Waals surface area (Å²) in [4.78, 5) is 70.9. The first-order chi connectivity index (χ1) is 24.5. The van der Waals surface area contributed by atoms with E-state index in [4.69, 9.17) is 20.9 Å². The van der Waals surface area contributed by atoms with Crippen LogP contribution in [0.4, 0.5) is 0 Å². The van der Waals surface area contributed by atoms with E-state index in [2.05, 4.69) is 21.3 Å². The predicted molar refractivity (Wildman–Crippen MR) is 195 cm³/mol. The van der Waals surface area contributed by atoms with Crippen molar-refractivity contribution in [1.29, 1.82) is 0 Å².